The van der Waals surface area contributed by atoms with Gasteiger partial charge in [-0.25, -0.2) is 0 Å². The van der Waals surface area contributed by atoms with E-state index in [2.05, 4.69) is 5.32 Å². The lowest BCUT2D eigenvalue weighted by atomic mass is 10.2. The summed E-state index contributed by atoms with van der Waals surface area (Å²) in [7, 11) is 0. The second-order valence-corrected chi connectivity index (χ2v) is 4.20. The van der Waals surface area contributed by atoms with E-state index in [4.69, 9.17) is 21.6 Å². The molecule has 1 rings (SSSR count). The van der Waals surface area contributed by atoms with Crippen LogP contribution in [-0.4, -0.2) is 18.6 Å². The fourth-order valence-corrected chi connectivity index (χ4v) is 1.38. The van der Waals surface area contributed by atoms with Gasteiger partial charge in [-0.05, 0) is 26.0 Å². The van der Waals surface area contributed by atoms with Gasteiger partial charge < -0.3 is 10.1 Å². The topological polar surface area (TPSA) is 62.1 Å². The Morgan fingerprint density at radius 1 is 1.59 bits per heavy atom. The second kappa shape index (κ2) is 6.12. The summed E-state index contributed by atoms with van der Waals surface area (Å²) < 4.78 is 5.25. The fraction of sp³-hybridized carbons (Fsp3) is 0.333. The Balaban J connectivity index is 2.66. The van der Waals surface area contributed by atoms with Crippen LogP contribution in [0.5, 0.6) is 5.75 Å². The van der Waals surface area contributed by atoms with E-state index in [-0.39, 0.29) is 18.6 Å². The molecule has 0 aliphatic carbocycles. The molecule has 5 heteroatoms. The van der Waals surface area contributed by atoms with Crippen LogP contribution in [0, 0.1) is 11.3 Å². The van der Waals surface area contributed by atoms with Crippen molar-refractivity contribution in [2.24, 2.45) is 0 Å². The van der Waals surface area contributed by atoms with Crippen LogP contribution >= 0.6 is 11.6 Å². The summed E-state index contributed by atoms with van der Waals surface area (Å²) >= 11 is 5.78. The van der Waals surface area contributed by atoms with Crippen molar-refractivity contribution in [3.05, 3.63) is 28.8 Å². The Labute approximate surface area is 105 Å². The van der Waals surface area contributed by atoms with E-state index in [0.29, 0.717) is 16.3 Å². The number of rotatable bonds is 4. The molecule has 0 aliphatic rings. The minimum atomic E-state index is -0.233. The Hall–Kier alpha value is -1.73. The van der Waals surface area contributed by atoms with E-state index < -0.39 is 0 Å². The van der Waals surface area contributed by atoms with E-state index in [1.807, 2.05) is 19.9 Å². The summed E-state index contributed by atoms with van der Waals surface area (Å²) in [4.78, 5) is 11.4. The number of nitrogens with zero attached hydrogens (tertiary/aromatic N) is 1. The van der Waals surface area contributed by atoms with Crippen LogP contribution in [-0.2, 0) is 4.79 Å². The summed E-state index contributed by atoms with van der Waals surface area (Å²) in [6.45, 7) is 3.59. The first-order valence-electron chi connectivity index (χ1n) is 5.14. The molecular formula is C12H13ClN2O2. The van der Waals surface area contributed by atoms with Crippen molar-refractivity contribution >= 4 is 17.5 Å². The van der Waals surface area contributed by atoms with E-state index in [1.165, 1.54) is 6.07 Å². The number of nitriles is 1. The van der Waals surface area contributed by atoms with Crippen LogP contribution in [0.3, 0.4) is 0 Å². The van der Waals surface area contributed by atoms with Gasteiger partial charge in [0.2, 0.25) is 0 Å². The Kier molecular flexibility index (Phi) is 4.80. The second-order valence-electron chi connectivity index (χ2n) is 3.76. The lowest BCUT2D eigenvalue weighted by molar-refractivity contribution is -0.123. The van der Waals surface area contributed by atoms with E-state index in [0.717, 1.165) is 0 Å². The van der Waals surface area contributed by atoms with Crippen LogP contribution in [0.1, 0.15) is 19.4 Å². The number of carbonyl (C=O) groups excluding carboxylic acids is 1. The first-order chi connectivity index (χ1) is 8.02. The lowest BCUT2D eigenvalue weighted by Crippen LogP contribution is -2.34. The zero-order chi connectivity index (χ0) is 12.8. The minimum absolute atomic E-state index is 0.0564. The fourth-order valence-electron chi connectivity index (χ4n) is 1.21. The first kappa shape index (κ1) is 13.3. The molecule has 17 heavy (non-hydrogen) atoms. The van der Waals surface area contributed by atoms with E-state index in [1.54, 1.807) is 12.1 Å². The minimum Gasteiger partial charge on any atom is -0.482 e. The lowest BCUT2D eigenvalue weighted by Gasteiger charge is -2.10. The van der Waals surface area contributed by atoms with Gasteiger partial charge in [0.1, 0.15) is 11.8 Å². The van der Waals surface area contributed by atoms with Crippen LogP contribution in [0.25, 0.3) is 0 Å². The highest BCUT2D eigenvalue weighted by Gasteiger charge is 2.08. The van der Waals surface area contributed by atoms with Crippen molar-refractivity contribution in [1.82, 2.24) is 5.32 Å². The average Bonchev–Trinajstić information content (AvgIpc) is 2.25. The van der Waals surface area contributed by atoms with Gasteiger partial charge in [-0.3, -0.25) is 4.79 Å². The molecule has 90 valence electrons. The van der Waals surface area contributed by atoms with Crippen molar-refractivity contribution in [2.45, 2.75) is 19.9 Å². The zero-order valence-corrected chi connectivity index (χ0v) is 10.4. The largest absolute Gasteiger partial charge is 0.482 e. The zero-order valence-electron chi connectivity index (χ0n) is 9.66. The monoisotopic (exact) mass is 252 g/mol. The maximum atomic E-state index is 11.4. The van der Waals surface area contributed by atoms with Crippen molar-refractivity contribution in [1.29, 1.82) is 5.26 Å². The molecule has 1 N–H and O–H groups in total. The van der Waals surface area contributed by atoms with Gasteiger partial charge >= 0.3 is 0 Å². The average molecular weight is 253 g/mol. The molecule has 0 radical (unpaired) electrons. The molecule has 1 aromatic rings. The quantitative estimate of drug-likeness (QED) is 0.893. The summed E-state index contributed by atoms with van der Waals surface area (Å²) in [5.41, 5.74) is 0.353. The van der Waals surface area contributed by atoms with Crippen LogP contribution < -0.4 is 10.1 Å². The smallest absolute Gasteiger partial charge is 0.258 e. The molecule has 0 unspecified atom stereocenters. The number of ether oxygens (including phenoxy) is 1. The molecule has 1 amide bonds. The Morgan fingerprint density at radius 2 is 2.29 bits per heavy atom. The molecule has 1 aromatic carbocycles. The Bertz CT molecular complexity index is 452. The molecule has 4 nitrogen and oxygen atoms in total. The summed E-state index contributed by atoms with van der Waals surface area (Å²) in [5, 5.41) is 12.0. The van der Waals surface area contributed by atoms with Crippen molar-refractivity contribution in [2.75, 3.05) is 6.61 Å². The van der Waals surface area contributed by atoms with Gasteiger partial charge in [0, 0.05) is 17.1 Å². The molecule has 0 atom stereocenters. The van der Waals surface area contributed by atoms with E-state index in [9.17, 15) is 4.79 Å². The van der Waals surface area contributed by atoms with Gasteiger partial charge in [-0.15, -0.1) is 0 Å². The van der Waals surface area contributed by atoms with Crippen molar-refractivity contribution < 1.29 is 9.53 Å². The molecule has 0 heterocycles. The molecule has 0 bridgehead atoms. The summed E-state index contributed by atoms with van der Waals surface area (Å²) in [6, 6.07) is 6.70. The third-order valence-electron chi connectivity index (χ3n) is 1.87. The standard InChI is InChI=1S/C12H13ClN2O2/c1-8(2)15-12(16)7-17-11-5-10(13)4-3-9(11)6-14/h3-5,8H,7H2,1-2H3,(H,15,16). The van der Waals surface area contributed by atoms with Crippen LogP contribution in [0.15, 0.2) is 18.2 Å². The van der Waals surface area contributed by atoms with Crippen molar-refractivity contribution in [3.63, 3.8) is 0 Å². The highest BCUT2D eigenvalue weighted by atomic mass is 35.5. The molecule has 0 fully saturated rings. The predicted octanol–water partition coefficient (Wildman–Crippen LogP) is 2.12. The number of halogens is 1. The van der Waals surface area contributed by atoms with Gasteiger partial charge in [-0.1, -0.05) is 11.6 Å². The van der Waals surface area contributed by atoms with Crippen LogP contribution in [0.4, 0.5) is 0 Å². The van der Waals surface area contributed by atoms with Crippen LogP contribution in [0.2, 0.25) is 5.02 Å². The number of amides is 1. The third-order valence-corrected chi connectivity index (χ3v) is 2.11. The van der Waals surface area contributed by atoms with E-state index >= 15 is 0 Å². The highest BCUT2D eigenvalue weighted by Crippen LogP contribution is 2.22. The maximum absolute atomic E-state index is 11.4. The molecule has 0 spiro atoms. The highest BCUT2D eigenvalue weighted by molar-refractivity contribution is 6.30. The maximum Gasteiger partial charge on any atom is 0.258 e. The summed E-state index contributed by atoms with van der Waals surface area (Å²) in [6.07, 6.45) is 0. The number of carbonyl (C=O) groups is 1. The number of nitrogens with one attached hydrogen (secondary N) is 1. The molecule has 0 saturated heterocycles. The van der Waals surface area contributed by atoms with Gasteiger partial charge in [-0.2, -0.15) is 5.26 Å². The summed E-state index contributed by atoms with van der Waals surface area (Å²) in [5.74, 6) is 0.0859. The van der Waals surface area contributed by atoms with Crippen molar-refractivity contribution in [3.8, 4) is 11.8 Å². The molecule has 0 aliphatic heterocycles. The Morgan fingerprint density at radius 3 is 2.88 bits per heavy atom. The predicted molar refractivity (Wildman–Crippen MR) is 64.9 cm³/mol. The van der Waals surface area contributed by atoms with Gasteiger partial charge in [0.05, 0.1) is 5.56 Å². The number of hydrogen-bond donors (Lipinski definition) is 1. The SMILES string of the molecule is CC(C)NC(=O)COc1cc(Cl)ccc1C#N. The molecular weight excluding hydrogens is 240 g/mol. The molecule has 0 aromatic heterocycles. The van der Waals surface area contributed by atoms with Gasteiger partial charge in [0.25, 0.3) is 5.91 Å². The number of benzene rings is 1. The first-order valence-corrected chi connectivity index (χ1v) is 5.52. The normalized spacial score (nSPS) is 9.82. The van der Waals surface area contributed by atoms with Gasteiger partial charge in [0.15, 0.2) is 6.61 Å². The molecule has 0 saturated carbocycles. The third kappa shape index (κ3) is 4.33. The number of hydrogen-bond acceptors (Lipinski definition) is 3.